The van der Waals surface area contributed by atoms with Gasteiger partial charge in [0, 0.05) is 6.92 Å². The molecule has 0 aliphatic carbocycles. The zero-order valence-corrected chi connectivity index (χ0v) is 16.2. The van der Waals surface area contributed by atoms with Crippen molar-refractivity contribution in [3.8, 4) is 0 Å². The van der Waals surface area contributed by atoms with Crippen molar-refractivity contribution < 1.29 is 34.0 Å². The van der Waals surface area contributed by atoms with E-state index in [1.54, 1.807) is 0 Å². The second-order valence-electron chi connectivity index (χ2n) is 6.88. The van der Waals surface area contributed by atoms with Crippen LogP contribution in [0, 0.1) is 0 Å². The van der Waals surface area contributed by atoms with Crippen molar-refractivity contribution in [2.75, 3.05) is 6.61 Å². The van der Waals surface area contributed by atoms with Crippen molar-refractivity contribution in [2.24, 2.45) is 0 Å². The third kappa shape index (κ3) is 6.09. The van der Waals surface area contributed by atoms with Gasteiger partial charge in [0.25, 0.3) is 0 Å². The van der Waals surface area contributed by atoms with Crippen molar-refractivity contribution in [3.63, 3.8) is 0 Å². The first-order valence-electron chi connectivity index (χ1n) is 9.50. The van der Waals surface area contributed by atoms with E-state index in [-0.39, 0.29) is 19.8 Å². The minimum absolute atomic E-state index is 0.190. The van der Waals surface area contributed by atoms with Crippen LogP contribution in [-0.2, 0) is 37.0 Å². The molecule has 3 rings (SSSR count). The fraction of sp³-hybridized carbons (Fsp3) is 0.409. The Balaban J connectivity index is 1.71. The molecule has 1 heterocycles. The number of esters is 1. The fourth-order valence-corrected chi connectivity index (χ4v) is 3.15. The van der Waals surface area contributed by atoms with Crippen LogP contribution >= 0.6 is 0 Å². The first-order valence-corrected chi connectivity index (χ1v) is 9.50. The molecule has 1 saturated heterocycles. The van der Waals surface area contributed by atoms with Crippen LogP contribution in [0.15, 0.2) is 60.7 Å². The third-order valence-electron chi connectivity index (χ3n) is 4.66. The van der Waals surface area contributed by atoms with Crippen molar-refractivity contribution in [1.82, 2.24) is 0 Å². The van der Waals surface area contributed by atoms with Crippen LogP contribution in [0.2, 0.25) is 0 Å². The summed E-state index contributed by atoms with van der Waals surface area (Å²) in [7, 11) is 0. The highest BCUT2D eigenvalue weighted by Crippen LogP contribution is 2.27. The summed E-state index contributed by atoms with van der Waals surface area (Å²) in [5, 5.41) is 21.3. The number of hydrogen-bond acceptors (Lipinski definition) is 7. The molecule has 7 heteroatoms. The average molecular weight is 402 g/mol. The maximum atomic E-state index is 11.1. The lowest BCUT2D eigenvalue weighted by Crippen LogP contribution is -2.60. The van der Waals surface area contributed by atoms with E-state index >= 15 is 0 Å². The largest absolute Gasteiger partial charge is 0.463 e. The first kappa shape index (κ1) is 21.4. The second-order valence-corrected chi connectivity index (χ2v) is 6.88. The second kappa shape index (κ2) is 10.5. The summed E-state index contributed by atoms with van der Waals surface area (Å²) >= 11 is 0. The molecule has 0 bridgehead atoms. The summed E-state index contributed by atoms with van der Waals surface area (Å²) in [5.41, 5.74) is 1.83. The smallest absolute Gasteiger partial charge is 0.302 e. The van der Waals surface area contributed by atoms with Gasteiger partial charge in [-0.15, -0.1) is 0 Å². The van der Waals surface area contributed by atoms with Crippen LogP contribution in [-0.4, -0.2) is 53.5 Å². The summed E-state index contributed by atoms with van der Waals surface area (Å²) < 4.78 is 22.2. The van der Waals surface area contributed by atoms with Gasteiger partial charge in [-0.05, 0) is 11.1 Å². The maximum absolute atomic E-state index is 11.1. The van der Waals surface area contributed by atoms with Gasteiger partial charge in [-0.3, -0.25) is 4.79 Å². The predicted octanol–water partition coefficient (Wildman–Crippen LogP) is 1.80. The number of benzene rings is 2. The minimum atomic E-state index is -1.34. The van der Waals surface area contributed by atoms with Gasteiger partial charge in [-0.1, -0.05) is 60.7 Å². The van der Waals surface area contributed by atoms with E-state index in [0.717, 1.165) is 11.1 Å². The Labute approximate surface area is 169 Å². The van der Waals surface area contributed by atoms with E-state index in [0.29, 0.717) is 0 Å². The van der Waals surface area contributed by atoms with Gasteiger partial charge in [0.05, 0.1) is 13.2 Å². The Bertz CT molecular complexity index is 752. The monoisotopic (exact) mass is 402 g/mol. The normalized spacial score (nSPS) is 26.8. The number of carbonyl (C=O) groups is 1. The van der Waals surface area contributed by atoms with Crippen LogP contribution in [0.25, 0.3) is 0 Å². The highest BCUT2D eigenvalue weighted by atomic mass is 16.7. The molecular formula is C22H26O7. The van der Waals surface area contributed by atoms with E-state index in [4.69, 9.17) is 18.9 Å². The van der Waals surface area contributed by atoms with E-state index < -0.39 is 36.7 Å². The standard InChI is InChI=1S/C22H26O7/c1-15(23)26-14-18-19(24)20(27-12-16-8-4-2-5-9-16)21(22(25)29-18)28-13-17-10-6-3-7-11-17/h2-11,18-22,24-25H,12-14H2,1H3/t18-,19+,20-,21-,22+/m0/s1. The van der Waals surface area contributed by atoms with Crippen molar-refractivity contribution >= 4 is 5.97 Å². The number of aliphatic hydroxyl groups excluding tert-OH is 2. The van der Waals surface area contributed by atoms with Gasteiger partial charge in [0.1, 0.15) is 31.0 Å². The van der Waals surface area contributed by atoms with Crippen molar-refractivity contribution in [1.29, 1.82) is 0 Å². The number of aliphatic hydroxyl groups is 2. The average Bonchev–Trinajstić information content (AvgIpc) is 2.73. The molecule has 0 aromatic heterocycles. The molecule has 29 heavy (non-hydrogen) atoms. The topological polar surface area (TPSA) is 94.5 Å². The zero-order chi connectivity index (χ0) is 20.6. The predicted molar refractivity (Wildman–Crippen MR) is 104 cm³/mol. The molecule has 0 radical (unpaired) electrons. The Hall–Kier alpha value is -2.29. The van der Waals surface area contributed by atoms with Crippen molar-refractivity contribution in [2.45, 2.75) is 50.8 Å². The molecule has 0 unspecified atom stereocenters. The quantitative estimate of drug-likeness (QED) is 0.650. The molecule has 7 nitrogen and oxygen atoms in total. The Morgan fingerprint density at radius 1 is 0.897 bits per heavy atom. The minimum Gasteiger partial charge on any atom is -0.463 e. The van der Waals surface area contributed by atoms with Gasteiger partial charge in [-0.2, -0.15) is 0 Å². The summed E-state index contributed by atoms with van der Waals surface area (Å²) in [6.45, 7) is 1.52. The van der Waals surface area contributed by atoms with Gasteiger partial charge in [-0.25, -0.2) is 0 Å². The lowest BCUT2D eigenvalue weighted by molar-refractivity contribution is -0.307. The highest BCUT2D eigenvalue weighted by Gasteiger charge is 2.46. The molecule has 1 aliphatic heterocycles. The first-order chi connectivity index (χ1) is 14.0. The van der Waals surface area contributed by atoms with Crippen LogP contribution in [0.4, 0.5) is 0 Å². The number of hydrogen-bond donors (Lipinski definition) is 2. The zero-order valence-electron chi connectivity index (χ0n) is 16.2. The lowest BCUT2D eigenvalue weighted by atomic mass is 9.98. The summed E-state index contributed by atoms with van der Waals surface area (Å²) in [6, 6.07) is 19.0. The lowest BCUT2D eigenvalue weighted by Gasteiger charge is -2.42. The van der Waals surface area contributed by atoms with Gasteiger partial charge >= 0.3 is 5.97 Å². The molecular weight excluding hydrogens is 376 g/mol. The molecule has 1 aliphatic rings. The summed E-state index contributed by atoms with van der Waals surface area (Å²) in [4.78, 5) is 11.1. The molecule has 2 aromatic rings. The maximum Gasteiger partial charge on any atom is 0.302 e. The summed E-state index contributed by atoms with van der Waals surface area (Å²) in [5.74, 6) is -0.500. The molecule has 0 amide bonds. The van der Waals surface area contributed by atoms with Gasteiger partial charge in [0.15, 0.2) is 6.29 Å². The number of ether oxygens (including phenoxy) is 4. The SMILES string of the molecule is CC(=O)OC[C@@H]1O[C@@H](O)[C@@H](OCc2ccccc2)[C@@H](OCc2ccccc2)[C@@H]1O. The number of carbonyl (C=O) groups excluding carboxylic acids is 1. The van der Waals surface area contributed by atoms with E-state index in [1.165, 1.54) is 6.92 Å². The van der Waals surface area contributed by atoms with Crippen LogP contribution < -0.4 is 0 Å². The molecule has 0 saturated carbocycles. The Morgan fingerprint density at radius 3 is 1.93 bits per heavy atom. The molecule has 5 atom stereocenters. The Kier molecular flexibility index (Phi) is 7.74. The highest BCUT2D eigenvalue weighted by molar-refractivity contribution is 5.65. The fourth-order valence-electron chi connectivity index (χ4n) is 3.15. The molecule has 0 spiro atoms. The summed E-state index contributed by atoms with van der Waals surface area (Å²) in [6.07, 6.45) is -5.21. The van der Waals surface area contributed by atoms with Crippen LogP contribution in [0.1, 0.15) is 18.1 Å². The van der Waals surface area contributed by atoms with E-state index in [9.17, 15) is 15.0 Å². The van der Waals surface area contributed by atoms with E-state index in [2.05, 4.69) is 0 Å². The number of rotatable bonds is 8. The molecule has 1 fully saturated rings. The van der Waals surface area contributed by atoms with Gasteiger partial charge in [0.2, 0.25) is 0 Å². The Morgan fingerprint density at radius 2 is 1.41 bits per heavy atom. The van der Waals surface area contributed by atoms with Crippen molar-refractivity contribution in [3.05, 3.63) is 71.8 Å². The third-order valence-corrected chi connectivity index (χ3v) is 4.66. The van der Waals surface area contributed by atoms with Crippen LogP contribution in [0.3, 0.4) is 0 Å². The molecule has 2 aromatic carbocycles. The molecule has 156 valence electrons. The van der Waals surface area contributed by atoms with Crippen LogP contribution in [0.5, 0.6) is 0 Å². The van der Waals surface area contributed by atoms with E-state index in [1.807, 2.05) is 60.7 Å². The molecule has 2 N–H and O–H groups in total. The van der Waals surface area contributed by atoms with Gasteiger partial charge < -0.3 is 29.2 Å².